The van der Waals surface area contributed by atoms with Crippen LogP contribution in [0.1, 0.15) is 32.8 Å². The van der Waals surface area contributed by atoms with Gasteiger partial charge in [0.1, 0.15) is 5.82 Å². The van der Waals surface area contributed by atoms with Gasteiger partial charge in [-0.2, -0.15) is 0 Å². The van der Waals surface area contributed by atoms with Crippen molar-refractivity contribution in [2.24, 2.45) is 0 Å². The van der Waals surface area contributed by atoms with Crippen LogP contribution in [0.15, 0.2) is 24.3 Å². The van der Waals surface area contributed by atoms with Crippen molar-refractivity contribution in [2.45, 2.75) is 45.8 Å². The van der Waals surface area contributed by atoms with Gasteiger partial charge in [-0.3, -0.25) is 4.90 Å². The zero-order valence-electron chi connectivity index (χ0n) is 11.9. The van der Waals surface area contributed by atoms with Crippen LogP contribution in [-0.2, 0) is 6.54 Å². The minimum atomic E-state index is -0.171. The normalized spacial score (nSPS) is 14.8. The molecule has 0 spiro atoms. The van der Waals surface area contributed by atoms with Gasteiger partial charge in [0.15, 0.2) is 0 Å². The van der Waals surface area contributed by atoms with Crippen molar-refractivity contribution in [1.82, 2.24) is 10.2 Å². The number of hydrogen-bond donors (Lipinski definition) is 1. The highest BCUT2D eigenvalue weighted by atomic mass is 19.1. The van der Waals surface area contributed by atoms with Crippen LogP contribution < -0.4 is 5.32 Å². The summed E-state index contributed by atoms with van der Waals surface area (Å²) in [5.41, 5.74) is 1.15. The summed E-state index contributed by atoms with van der Waals surface area (Å²) >= 11 is 0. The molecular weight excluding hydrogens is 227 g/mol. The maximum absolute atomic E-state index is 12.8. The quantitative estimate of drug-likeness (QED) is 0.802. The molecule has 0 radical (unpaired) electrons. The third kappa shape index (κ3) is 5.15. The second-order valence-corrected chi connectivity index (χ2v) is 5.09. The Hall–Kier alpha value is -0.930. The lowest BCUT2D eigenvalue weighted by Gasteiger charge is -2.27. The molecule has 0 saturated heterocycles. The molecule has 3 heteroatoms. The van der Waals surface area contributed by atoms with Gasteiger partial charge in [0.2, 0.25) is 0 Å². The molecule has 0 aliphatic rings. The van der Waals surface area contributed by atoms with E-state index in [2.05, 4.69) is 38.0 Å². The summed E-state index contributed by atoms with van der Waals surface area (Å²) in [6.45, 7) is 8.45. The number of benzene rings is 1. The van der Waals surface area contributed by atoms with E-state index < -0.39 is 0 Å². The van der Waals surface area contributed by atoms with Crippen molar-refractivity contribution < 1.29 is 4.39 Å². The third-order valence-electron chi connectivity index (χ3n) is 3.34. The van der Waals surface area contributed by atoms with Gasteiger partial charge in [-0.1, -0.05) is 19.1 Å². The van der Waals surface area contributed by atoms with Gasteiger partial charge in [-0.15, -0.1) is 0 Å². The summed E-state index contributed by atoms with van der Waals surface area (Å²) < 4.78 is 12.8. The van der Waals surface area contributed by atoms with Gasteiger partial charge in [0.25, 0.3) is 0 Å². The lowest BCUT2D eigenvalue weighted by Crippen LogP contribution is -2.36. The molecule has 0 aromatic heterocycles. The van der Waals surface area contributed by atoms with Crippen LogP contribution in [0.4, 0.5) is 4.39 Å². The Kier molecular flexibility index (Phi) is 6.30. The predicted octanol–water partition coefficient (Wildman–Crippen LogP) is 3.03. The average Bonchev–Trinajstić information content (AvgIpc) is 2.32. The molecule has 102 valence electrons. The van der Waals surface area contributed by atoms with E-state index in [4.69, 9.17) is 0 Å². The van der Waals surface area contributed by atoms with Crippen LogP contribution in [0.25, 0.3) is 0 Å². The molecule has 0 aliphatic heterocycles. The maximum atomic E-state index is 12.8. The van der Waals surface area contributed by atoms with E-state index in [1.807, 2.05) is 12.1 Å². The van der Waals surface area contributed by atoms with E-state index in [9.17, 15) is 4.39 Å². The van der Waals surface area contributed by atoms with Crippen LogP contribution in [-0.4, -0.2) is 30.6 Å². The van der Waals surface area contributed by atoms with Gasteiger partial charge in [0.05, 0.1) is 0 Å². The third-order valence-corrected chi connectivity index (χ3v) is 3.34. The van der Waals surface area contributed by atoms with Crippen LogP contribution in [0.5, 0.6) is 0 Å². The number of halogens is 1. The van der Waals surface area contributed by atoms with Crippen LogP contribution in [0.2, 0.25) is 0 Å². The number of rotatable bonds is 7. The highest BCUT2D eigenvalue weighted by Gasteiger charge is 2.12. The van der Waals surface area contributed by atoms with E-state index in [-0.39, 0.29) is 5.82 Å². The lowest BCUT2D eigenvalue weighted by atomic mass is 10.1. The molecule has 1 aromatic rings. The first-order valence-electron chi connectivity index (χ1n) is 6.71. The molecule has 0 fully saturated rings. The van der Waals surface area contributed by atoms with E-state index in [1.54, 1.807) is 0 Å². The Morgan fingerprint density at radius 2 is 1.83 bits per heavy atom. The van der Waals surface area contributed by atoms with Crippen molar-refractivity contribution in [1.29, 1.82) is 0 Å². The topological polar surface area (TPSA) is 15.3 Å². The smallest absolute Gasteiger partial charge is 0.123 e. The zero-order valence-corrected chi connectivity index (χ0v) is 11.9. The van der Waals surface area contributed by atoms with E-state index in [0.717, 1.165) is 25.1 Å². The first kappa shape index (κ1) is 15.1. The van der Waals surface area contributed by atoms with Crippen LogP contribution in [0.3, 0.4) is 0 Å². The van der Waals surface area contributed by atoms with Crippen molar-refractivity contribution in [3.63, 3.8) is 0 Å². The van der Waals surface area contributed by atoms with E-state index in [1.165, 1.54) is 12.1 Å². The first-order valence-corrected chi connectivity index (χ1v) is 6.71. The highest BCUT2D eigenvalue weighted by Crippen LogP contribution is 2.11. The molecule has 18 heavy (non-hydrogen) atoms. The number of nitrogens with one attached hydrogen (secondary N) is 1. The summed E-state index contributed by atoms with van der Waals surface area (Å²) in [6, 6.07) is 7.78. The molecular formula is C15H25FN2. The monoisotopic (exact) mass is 252 g/mol. The molecule has 0 heterocycles. The fourth-order valence-corrected chi connectivity index (χ4v) is 2.16. The first-order chi connectivity index (χ1) is 8.52. The Balaban J connectivity index is 2.44. The summed E-state index contributed by atoms with van der Waals surface area (Å²) in [5, 5.41) is 3.43. The standard InChI is InChI=1S/C15H25FN2/c1-5-17-12(2)10-13(3)18(4)11-14-6-8-15(16)9-7-14/h6-9,12-13,17H,5,10-11H2,1-4H3. The highest BCUT2D eigenvalue weighted by molar-refractivity contribution is 5.15. The summed E-state index contributed by atoms with van der Waals surface area (Å²) in [4.78, 5) is 2.31. The van der Waals surface area contributed by atoms with E-state index >= 15 is 0 Å². The second kappa shape index (κ2) is 7.49. The molecule has 2 atom stereocenters. The summed E-state index contributed by atoms with van der Waals surface area (Å²) in [6.07, 6.45) is 1.12. The molecule has 2 unspecified atom stereocenters. The number of nitrogens with zero attached hydrogens (tertiary/aromatic N) is 1. The van der Waals surface area contributed by atoms with Gasteiger partial charge < -0.3 is 5.32 Å². The van der Waals surface area contributed by atoms with E-state index in [0.29, 0.717) is 12.1 Å². The Morgan fingerprint density at radius 3 is 2.39 bits per heavy atom. The molecule has 1 rings (SSSR count). The Bertz CT molecular complexity index is 337. The molecule has 0 bridgehead atoms. The van der Waals surface area contributed by atoms with Gasteiger partial charge in [0, 0.05) is 18.6 Å². The number of hydrogen-bond acceptors (Lipinski definition) is 2. The fourth-order valence-electron chi connectivity index (χ4n) is 2.16. The van der Waals surface area contributed by atoms with Crippen molar-refractivity contribution >= 4 is 0 Å². The Morgan fingerprint density at radius 1 is 1.22 bits per heavy atom. The minimum absolute atomic E-state index is 0.171. The molecule has 0 aliphatic carbocycles. The zero-order chi connectivity index (χ0) is 13.5. The van der Waals surface area contributed by atoms with Crippen molar-refractivity contribution in [3.05, 3.63) is 35.6 Å². The average molecular weight is 252 g/mol. The van der Waals surface area contributed by atoms with Gasteiger partial charge in [-0.25, -0.2) is 4.39 Å². The molecule has 2 nitrogen and oxygen atoms in total. The predicted molar refractivity (Wildman–Crippen MR) is 75.1 cm³/mol. The van der Waals surface area contributed by atoms with Gasteiger partial charge >= 0.3 is 0 Å². The molecule has 0 amide bonds. The fraction of sp³-hybridized carbons (Fsp3) is 0.600. The van der Waals surface area contributed by atoms with Crippen molar-refractivity contribution in [2.75, 3.05) is 13.6 Å². The molecule has 1 aromatic carbocycles. The second-order valence-electron chi connectivity index (χ2n) is 5.09. The SMILES string of the molecule is CCNC(C)CC(C)N(C)Cc1ccc(F)cc1. The molecule has 1 N–H and O–H groups in total. The van der Waals surface area contributed by atoms with Crippen molar-refractivity contribution in [3.8, 4) is 0 Å². The maximum Gasteiger partial charge on any atom is 0.123 e. The minimum Gasteiger partial charge on any atom is -0.314 e. The van der Waals surface area contributed by atoms with Crippen LogP contribution in [0, 0.1) is 5.82 Å². The van der Waals surface area contributed by atoms with Gasteiger partial charge in [-0.05, 0) is 51.6 Å². The lowest BCUT2D eigenvalue weighted by molar-refractivity contribution is 0.223. The van der Waals surface area contributed by atoms with Crippen LogP contribution >= 0.6 is 0 Å². The largest absolute Gasteiger partial charge is 0.314 e. The summed E-state index contributed by atoms with van der Waals surface area (Å²) in [5.74, 6) is -0.171. The summed E-state index contributed by atoms with van der Waals surface area (Å²) in [7, 11) is 2.12. The Labute approximate surface area is 110 Å². The molecule has 0 saturated carbocycles.